The molecular weight excluding hydrogens is 396 g/mol. The van der Waals surface area contributed by atoms with Crippen LogP contribution in [-0.4, -0.2) is 26.4 Å². The van der Waals surface area contributed by atoms with E-state index in [9.17, 15) is 25.2 Å². The third-order valence-electron chi connectivity index (χ3n) is 4.98. The summed E-state index contributed by atoms with van der Waals surface area (Å²) in [5, 5.41) is 41.2. The second kappa shape index (κ2) is 11.3. The molecule has 6 heteroatoms. The maximum atomic E-state index is 12.4. The molecule has 4 N–H and O–H groups in total. The van der Waals surface area contributed by atoms with Crippen LogP contribution in [0.25, 0.3) is 16.5 Å². The number of rotatable bonds is 10. The monoisotopic (exact) mass is 428 g/mol. The predicted octanol–water partition coefficient (Wildman–Crippen LogP) is 6.26. The van der Waals surface area contributed by atoms with Gasteiger partial charge in [0, 0.05) is 6.42 Å². The molecule has 31 heavy (non-hydrogen) atoms. The summed E-state index contributed by atoms with van der Waals surface area (Å²) in [5.74, 6) is -1.75. The first-order valence-electron chi connectivity index (χ1n) is 10.7. The van der Waals surface area contributed by atoms with E-state index in [4.69, 9.17) is 4.74 Å². The fourth-order valence-electron chi connectivity index (χ4n) is 3.32. The molecule has 2 aromatic rings. The molecule has 0 aliphatic heterocycles. The van der Waals surface area contributed by atoms with E-state index in [0.717, 1.165) is 31.3 Å². The molecule has 0 aliphatic carbocycles. The number of fused-ring (bicyclic) bond motifs is 1. The summed E-state index contributed by atoms with van der Waals surface area (Å²) in [6, 6.07) is 3.64. The lowest BCUT2D eigenvalue weighted by atomic mass is 10.0. The minimum absolute atomic E-state index is 0.0414. The number of ether oxygens (including phenoxy) is 1. The SMILES string of the molecule is CCCCCCCCC(=O)O/C(=C\C=C(C)C)c1cc(O)c2c(O)ccc(O)c2c1O. The Hall–Kier alpha value is -3.15. The maximum absolute atomic E-state index is 12.4. The highest BCUT2D eigenvalue weighted by molar-refractivity contribution is 6.04. The zero-order chi connectivity index (χ0) is 23.0. The minimum Gasteiger partial charge on any atom is -0.507 e. The molecule has 0 heterocycles. The van der Waals surface area contributed by atoms with Crippen molar-refractivity contribution >= 4 is 22.5 Å². The van der Waals surface area contributed by atoms with Gasteiger partial charge in [-0.05, 0) is 44.5 Å². The summed E-state index contributed by atoms with van der Waals surface area (Å²) < 4.78 is 5.53. The summed E-state index contributed by atoms with van der Waals surface area (Å²) in [7, 11) is 0. The Bertz CT molecular complexity index is 983. The van der Waals surface area contributed by atoms with E-state index in [0.29, 0.717) is 6.42 Å². The lowest BCUT2D eigenvalue weighted by Crippen LogP contribution is -2.04. The van der Waals surface area contributed by atoms with Gasteiger partial charge in [-0.25, -0.2) is 0 Å². The summed E-state index contributed by atoms with van der Waals surface area (Å²) >= 11 is 0. The molecule has 0 unspecified atom stereocenters. The number of carbonyl (C=O) groups excluding carboxylic acids is 1. The number of aromatic hydroxyl groups is 4. The van der Waals surface area contributed by atoms with Crippen LogP contribution in [0.15, 0.2) is 35.9 Å². The first kappa shape index (κ1) is 24.1. The van der Waals surface area contributed by atoms with Crippen molar-refractivity contribution in [3.8, 4) is 23.0 Å². The van der Waals surface area contributed by atoms with Crippen LogP contribution in [-0.2, 0) is 9.53 Å². The van der Waals surface area contributed by atoms with Gasteiger partial charge in [0.25, 0.3) is 0 Å². The number of unbranched alkanes of at least 4 members (excludes halogenated alkanes) is 5. The molecule has 2 aromatic carbocycles. The fraction of sp³-hybridized carbons (Fsp3) is 0.400. The van der Waals surface area contributed by atoms with Crippen LogP contribution in [0.1, 0.15) is 71.3 Å². The molecule has 0 amide bonds. The lowest BCUT2D eigenvalue weighted by molar-refractivity contribution is -0.136. The summed E-state index contributed by atoms with van der Waals surface area (Å²) in [6.07, 6.45) is 9.72. The highest BCUT2D eigenvalue weighted by atomic mass is 16.5. The first-order valence-corrected chi connectivity index (χ1v) is 10.7. The second-order valence-corrected chi connectivity index (χ2v) is 7.91. The largest absolute Gasteiger partial charge is 0.507 e. The molecule has 2 rings (SSSR count). The second-order valence-electron chi connectivity index (χ2n) is 7.91. The van der Waals surface area contributed by atoms with Crippen molar-refractivity contribution in [2.45, 2.75) is 65.7 Å². The Morgan fingerprint density at radius 1 is 0.871 bits per heavy atom. The van der Waals surface area contributed by atoms with Crippen molar-refractivity contribution in [1.82, 2.24) is 0 Å². The van der Waals surface area contributed by atoms with Crippen LogP contribution < -0.4 is 0 Å². The normalized spacial score (nSPS) is 11.5. The number of phenolic OH excluding ortho intramolecular Hbond substituents is 4. The van der Waals surface area contributed by atoms with E-state index in [1.807, 2.05) is 13.8 Å². The topological polar surface area (TPSA) is 107 Å². The van der Waals surface area contributed by atoms with Crippen molar-refractivity contribution in [2.75, 3.05) is 0 Å². The molecule has 168 valence electrons. The molecule has 0 atom stereocenters. The number of hydrogen-bond donors (Lipinski definition) is 4. The number of esters is 1. The van der Waals surface area contributed by atoms with E-state index >= 15 is 0 Å². The van der Waals surface area contributed by atoms with E-state index < -0.39 is 11.7 Å². The van der Waals surface area contributed by atoms with Gasteiger partial charge in [-0.2, -0.15) is 0 Å². The summed E-state index contributed by atoms with van der Waals surface area (Å²) in [5.41, 5.74) is 0.981. The number of allylic oxidation sites excluding steroid dienone is 3. The number of phenols is 4. The van der Waals surface area contributed by atoms with Gasteiger partial charge in [0.1, 0.15) is 28.8 Å². The molecule has 0 spiro atoms. The number of benzene rings is 2. The Labute approximate surface area is 183 Å². The van der Waals surface area contributed by atoms with E-state index in [1.165, 1.54) is 30.7 Å². The zero-order valence-electron chi connectivity index (χ0n) is 18.4. The predicted molar refractivity (Wildman–Crippen MR) is 122 cm³/mol. The third-order valence-corrected chi connectivity index (χ3v) is 4.98. The Morgan fingerprint density at radius 3 is 2.13 bits per heavy atom. The maximum Gasteiger partial charge on any atom is 0.311 e. The van der Waals surface area contributed by atoms with E-state index in [-0.39, 0.29) is 45.8 Å². The van der Waals surface area contributed by atoms with Crippen molar-refractivity contribution in [1.29, 1.82) is 0 Å². The van der Waals surface area contributed by atoms with Crippen LogP contribution in [0.5, 0.6) is 23.0 Å². The summed E-state index contributed by atoms with van der Waals surface area (Å²) in [4.78, 5) is 12.4. The van der Waals surface area contributed by atoms with Crippen LogP contribution in [0.2, 0.25) is 0 Å². The highest BCUT2D eigenvalue weighted by Gasteiger charge is 2.21. The Balaban J connectivity index is 2.33. The highest BCUT2D eigenvalue weighted by Crippen LogP contribution is 2.46. The molecule has 0 aliphatic rings. The zero-order valence-corrected chi connectivity index (χ0v) is 18.4. The summed E-state index contributed by atoms with van der Waals surface area (Å²) in [6.45, 7) is 5.89. The molecule has 0 aromatic heterocycles. The van der Waals surface area contributed by atoms with Crippen LogP contribution in [0.4, 0.5) is 0 Å². The molecule has 0 saturated heterocycles. The number of carbonyl (C=O) groups is 1. The minimum atomic E-state index is -0.442. The lowest BCUT2D eigenvalue weighted by Gasteiger charge is -2.15. The van der Waals surface area contributed by atoms with Gasteiger partial charge in [0.2, 0.25) is 0 Å². The Kier molecular flexibility index (Phi) is 8.79. The standard InChI is InChI=1S/C25H32O6/c1-4-5-6-7-8-9-10-22(29)31-21(14-11-16(2)3)17-15-20(28)23-18(26)12-13-19(27)24(23)25(17)30/h11-15,26-28,30H,4-10H2,1-3H3/b21-14-. The van der Waals surface area contributed by atoms with Crippen LogP contribution in [0.3, 0.4) is 0 Å². The molecule has 0 radical (unpaired) electrons. The van der Waals surface area contributed by atoms with Gasteiger partial charge < -0.3 is 25.2 Å². The molecule has 0 bridgehead atoms. The van der Waals surface area contributed by atoms with Gasteiger partial charge in [-0.1, -0.05) is 50.7 Å². The van der Waals surface area contributed by atoms with Gasteiger partial charge >= 0.3 is 5.97 Å². The molecular formula is C25H32O6. The van der Waals surface area contributed by atoms with Gasteiger partial charge in [0.05, 0.1) is 16.3 Å². The average Bonchev–Trinajstić information content (AvgIpc) is 2.72. The van der Waals surface area contributed by atoms with Gasteiger partial charge in [-0.15, -0.1) is 0 Å². The Morgan fingerprint density at radius 2 is 1.48 bits per heavy atom. The molecule has 0 fully saturated rings. The molecule has 0 saturated carbocycles. The smallest absolute Gasteiger partial charge is 0.311 e. The van der Waals surface area contributed by atoms with Crippen molar-refractivity contribution < 1.29 is 30.0 Å². The van der Waals surface area contributed by atoms with Crippen molar-refractivity contribution in [3.63, 3.8) is 0 Å². The number of hydrogen-bond acceptors (Lipinski definition) is 6. The average molecular weight is 429 g/mol. The van der Waals surface area contributed by atoms with E-state index in [1.54, 1.807) is 6.08 Å². The third kappa shape index (κ3) is 6.41. The van der Waals surface area contributed by atoms with Gasteiger partial charge in [-0.3, -0.25) is 4.79 Å². The van der Waals surface area contributed by atoms with E-state index in [2.05, 4.69) is 6.92 Å². The van der Waals surface area contributed by atoms with Gasteiger partial charge in [0.15, 0.2) is 0 Å². The first-order chi connectivity index (χ1) is 14.8. The fourth-order valence-corrected chi connectivity index (χ4v) is 3.32. The van der Waals surface area contributed by atoms with Crippen molar-refractivity contribution in [3.05, 3.63) is 41.5 Å². The van der Waals surface area contributed by atoms with Crippen LogP contribution >= 0.6 is 0 Å². The van der Waals surface area contributed by atoms with Crippen LogP contribution in [0, 0.1) is 0 Å². The molecule has 6 nitrogen and oxygen atoms in total. The quantitative estimate of drug-likeness (QED) is 0.117. The van der Waals surface area contributed by atoms with Crippen molar-refractivity contribution in [2.24, 2.45) is 0 Å².